The first-order valence-electron chi connectivity index (χ1n) is 8.55. The zero-order valence-electron chi connectivity index (χ0n) is 15.1. The van der Waals surface area contributed by atoms with Gasteiger partial charge in [0.2, 0.25) is 11.7 Å². The van der Waals surface area contributed by atoms with Crippen LogP contribution in [0.15, 0.2) is 18.2 Å². The van der Waals surface area contributed by atoms with Crippen molar-refractivity contribution in [2.75, 3.05) is 31.2 Å². The summed E-state index contributed by atoms with van der Waals surface area (Å²) in [4.78, 5) is 30.3. The number of hydrogen-bond donors (Lipinski definition) is 2. The molecule has 0 atom stereocenters. The number of rotatable bonds is 5. The van der Waals surface area contributed by atoms with Crippen molar-refractivity contribution in [3.8, 4) is 5.75 Å². The fraction of sp³-hybridized carbons (Fsp3) is 0.389. The van der Waals surface area contributed by atoms with Gasteiger partial charge in [0, 0.05) is 31.6 Å². The smallest absolute Gasteiger partial charge is 0.219 e. The minimum absolute atomic E-state index is 0.0723. The van der Waals surface area contributed by atoms with Crippen LogP contribution in [-0.2, 0) is 4.79 Å². The molecule has 1 fully saturated rings. The van der Waals surface area contributed by atoms with Crippen LogP contribution in [0.5, 0.6) is 5.75 Å². The van der Waals surface area contributed by atoms with Crippen molar-refractivity contribution < 1.29 is 18.7 Å². The van der Waals surface area contributed by atoms with Crippen LogP contribution in [0.4, 0.5) is 15.3 Å². The molecule has 1 aromatic carbocycles. The first-order valence-corrected chi connectivity index (χ1v) is 9.37. The minimum atomic E-state index is -0.609. The van der Waals surface area contributed by atoms with Gasteiger partial charge in [0.15, 0.2) is 16.7 Å². The molecule has 0 bridgehead atoms. The van der Waals surface area contributed by atoms with Crippen LogP contribution in [0.25, 0.3) is 0 Å². The third kappa shape index (κ3) is 4.19. The first kappa shape index (κ1) is 19.1. The van der Waals surface area contributed by atoms with Crippen LogP contribution in [0.3, 0.4) is 0 Å². The number of aromatic nitrogens is 1. The quantitative estimate of drug-likeness (QED) is 0.759. The molecule has 27 heavy (non-hydrogen) atoms. The normalized spacial score (nSPS) is 14.9. The Morgan fingerprint density at radius 1 is 1.37 bits per heavy atom. The Balaban J connectivity index is 1.70. The number of benzene rings is 1. The molecular weight excluding hydrogens is 371 g/mol. The Kier molecular flexibility index (Phi) is 5.59. The van der Waals surface area contributed by atoms with E-state index in [-0.39, 0.29) is 39.7 Å². The number of likely N-dealkylation sites (tertiary alicyclic amines) is 1. The van der Waals surface area contributed by atoms with Gasteiger partial charge >= 0.3 is 0 Å². The van der Waals surface area contributed by atoms with E-state index >= 15 is 0 Å². The SMILES string of the molecule is COc1ccc(C(=O)c2sc(NC3CCN(C(C)=O)CC3)nc2N)cc1F. The van der Waals surface area contributed by atoms with E-state index in [9.17, 15) is 14.0 Å². The second-order valence-electron chi connectivity index (χ2n) is 6.34. The number of anilines is 2. The lowest BCUT2D eigenvalue weighted by molar-refractivity contribution is -0.129. The molecule has 2 heterocycles. The van der Waals surface area contributed by atoms with Crippen LogP contribution in [-0.4, -0.2) is 47.8 Å². The molecule has 1 aliphatic rings. The van der Waals surface area contributed by atoms with Crippen molar-refractivity contribution in [2.24, 2.45) is 0 Å². The summed E-state index contributed by atoms with van der Waals surface area (Å²) in [6, 6.07) is 4.19. The lowest BCUT2D eigenvalue weighted by atomic mass is 10.1. The highest BCUT2D eigenvalue weighted by Gasteiger charge is 2.24. The Hall–Kier alpha value is -2.68. The van der Waals surface area contributed by atoms with Crippen molar-refractivity contribution in [3.05, 3.63) is 34.5 Å². The zero-order chi connectivity index (χ0) is 19.6. The summed E-state index contributed by atoms with van der Waals surface area (Å²) in [6.45, 7) is 2.94. The fourth-order valence-corrected chi connectivity index (χ4v) is 3.93. The van der Waals surface area contributed by atoms with E-state index in [0.29, 0.717) is 18.2 Å². The Morgan fingerprint density at radius 3 is 2.67 bits per heavy atom. The second-order valence-corrected chi connectivity index (χ2v) is 7.34. The molecule has 0 unspecified atom stereocenters. The van der Waals surface area contributed by atoms with Crippen molar-refractivity contribution in [1.29, 1.82) is 0 Å². The fourth-order valence-electron chi connectivity index (χ4n) is 3.01. The van der Waals surface area contributed by atoms with E-state index in [1.807, 2.05) is 4.90 Å². The molecule has 9 heteroatoms. The summed E-state index contributed by atoms with van der Waals surface area (Å²) in [5, 5.41) is 3.83. The highest BCUT2D eigenvalue weighted by molar-refractivity contribution is 7.18. The summed E-state index contributed by atoms with van der Waals surface area (Å²) in [5.74, 6) is -0.729. The third-order valence-corrected chi connectivity index (χ3v) is 5.54. The molecule has 1 aliphatic heterocycles. The molecule has 1 aromatic heterocycles. The maximum Gasteiger partial charge on any atom is 0.219 e. The average molecular weight is 392 g/mol. The number of nitrogens with one attached hydrogen (secondary N) is 1. The topological polar surface area (TPSA) is 97.5 Å². The van der Waals surface area contributed by atoms with Crippen LogP contribution in [0, 0.1) is 5.82 Å². The van der Waals surface area contributed by atoms with E-state index in [1.165, 1.54) is 19.2 Å². The van der Waals surface area contributed by atoms with Gasteiger partial charge in [-0.1, -0.05) is 11.3 Å². The summed E-state index contributed by atoms with van der Waals surface area (Å²) in [7, 11) is 1.36. The molecule has 1 amide bonds. The zero-order valence-corrected chi connectivity index (χ0v) is 15.9. The van der Waals surface area contributed by atoms with Crippen LogP contribution in [0.2, 0.25) is 0 Å². The summed E-state index contributed by atoms with van der Waals surface area (Å²) in [6.07, 6.45) is 1.60. The second kappa shape index (κ2) is 7.91. The van der Waals surface area contributed by atoms with Crippen molar-refractivity contribution in [1.82, 2.24) is 9.88 Å². The molecule has 0 radical (unpaired) electrons. The standard InChI is InChI=1S/C18H21FN4O3S/c1-10(24)23-7-5-12(6-8-23)21-18-22-17(20)16(27-18)15(25)11-3-4-14(26-2)13(19)9-11/h3-4,9,12H,5-8,20H2,1-2H3,(H,21,22). The molecule has 0 aliphatic carbocycles. The van der Waals surface area contributed by atoms with E-state index in [4.69, 9.17) is 10.5 Å². The summed E-state index contributed by atoms with van der Waals surface area (Å²) in [5.41, 5.74) is 6.09. The predicted molar refractivity (Wildman–Crippen MR) is 102 cm³/mol. The number of halogens is 1. The lowest BCUT2D eigenvalue weighted by Gasteiger charge is -2.31. The van der Waals surface area contributed by atoms with Crippen molar-refractivity contribution in [3.63, 3.8) is 0 Å². The molecule has 3 rings (SSSR count). The molecule has 0 saturated carbocycles. The number of nitrogen functional groups attached to an aromatic ring is 1. The summed E-state index contributed by atoms with van der Waals surface area (Å²) < 4.78 is 18.7. The van der Waals surface area contributed by atoms with Gasteiger partial charge in [0.25, 0.3) is 0 Å². The number of carbonyl (C=O) groups excluding carboxylic acids is 2. The number of ether oxygens (including phenoxy) is 1. The number of nitrogens with zero attached hydrogens (tertiary/aromatic N) is 2. The number of ketones is 1. The van der Waals surface area contributed by atoms with Crippen molar-refractivity contribution >= 4 is 34.0 Å². The van der Waals surface area contributed by atoms with E-state index < -0.39 is 5.82 Å². The van der Waals surface area contributed by atoms with Gasteiger partial charge in [-0.05, 0) is 31.0 Å². The van der Waals surface area contributed by atoms with E-state index in [0.717, 1.165) is 30.2 Å². The van der Waals surface area contributed by atoms with Gasteiger partial charge in [-0.25, -0.2) is 9.37 Å². The van der Waals surface area contributed by atoms with Gasteiger partial charge < -0.3 is 20.7 Å². The highest BCUT2D eigenvalue weighted by atomic mass is 32.1. The molecule has 0 spiro atoms. The Labute approximate surface area is 160 Å². The molecule has 1 saturated heterocycles. The van der Waals surface area contributed by atoms with E-state index in [2.05, 4.69) is 10.3 Å². The summed E-state index contributed by atoms with van der Waals surface area (Å²) >= 11 is 1.15. The Bertz CT molecular complexity index is 862. The van der Waals surface area contributed by atoms with E-state index in [1.54, 1.807) is 6.92 Å². The molecule has 144 valence electrons. The number of methoxy groups -OCH3 is 1. The molecule has 2 aromatic rings. The van der Waals surface area contributed by atoms with Crippen molar-refractivity contribution in [2.45, 2.75) is 25.8 Å². The highest BCUT2D eigenvalue weighted by Crippen LogP contribution is 2.30. The van der Waals surface area contributed by atoms with Gasteiger partial charge in [0.1, 0.15) is 10.7 Å². The van der Waals surface area contributed by atoms with Crippen LogP contribution in [0.1, 0.15) is 35.0 Å². The molecule has 7 nitrogen and oxygen atoms in total. The van der Waals surface area contributed by atoms with Gasteiger partial charge in [-0.3, -0.25) is 9.59 Å². The maximum absolute atomic E-state index is 13.9. The number of carbonyl (C=O) groups is 2. The number of nitrogens with two attached hydrogens (primary N) is 1. The van der Waals surface area contributed by atoms with Gasteiger partial charge in [-0.2, -0.15) is 0 Å². The molecule has 3 N–H and O–H groups in total. The maximum atomic E-state index is 13.9. The number of thiazole rings is 1. The third-order valence-electron chi connectivity index (χ3n) is 4.54. The van der Waals surface area contributed by atoms with Crippen LogP contribution < -0.4 is 15.8 Å². The lowest BCUT2D eigenvalue weighted by Crippen LogP contribution is -2.41. The number of piperidine rings is 1. The largest absolute Gasteiger partial charge is 0.494 e. The monoisotopic (exact) mass is 392 g/mol. The minimum Gasteiger partial charge on any atom is -0.494 e. The van der Waals surface area contributed by atoms with Crippen LogP contribution >= 0.6 is 11.3 Å². The Morgan fingerprint density at radius 2 is 2.07 bits per heavy atom. The first-order chi connectivity index (χ1) is 12.9. The predicted octanol–water partition coefficient (Wildman–Crippen LogP) is 2.53. The molecular formula is C18H21FN4O3S. The number of amides is 1. The average Bonchev–Trinajstić information content (AvgIpc) is 3.01. The van der Waals surface area contributed by atoms with Gasteiger partial charge in [-0.15, -0.1) is 0 Å². The number of hydrogen-bond acceptors (Lipinski definition) is 7. The van der Waals surface area contributed by atoms with Gasteiger partial charge in [0.05, 0.1) is 7.11 Å².